The van der Waals surface area contributed by atoms with Crippen LogP contribution in [0.15, 0.2) is 168 Å². The average Bonchev–Trinajstić information content (AvgIpc) is 3.89. The molecule has 11 aromatic rings. The van der Waals surface area contributed by atoms with E-state index in [1.807, 2.05) is 36.5 Å². The number of hydrogen-bond acceptors (Lipinski definition) is 4. The first kappa shape index (κ1) is 43.7. The van der Waals surface area contributed by atoms with Crippen molar-refractivity contribution in [2.24, 2.45) is 0 Å². The van der Waals surface area contributed by atoms with Gasteiger partial charge in [0.25, 0.3) is 0 Å². The van der Waals surface area contributed by atoms with Gasteiger partial charge in [0, 0.05) is 42.8 Å². The molecule has 7 heteroatoms. The zero-order valence-corrected chi connectivity index (χ0v) is 41.2. The first-order valence-corrected chi connectivity index (χ1v) is 25.7. The van der Waals surface area contributed by atoms with Crippen LogP contribution in [-0.2, 0) is 20.1 Å². The number of nitrogens with zero attached hydrogens (tertiary/aromatic N) is 4. The Morgan fingerprint density at radius 3 is 2.02 bits per heavy atom. The quantitative estimate of drug-likeness (QED) is 0.0907. The normalized spacial score (nSPS) is 11.8. The van der Waals surface area contributed by atoms with E-state index in [1.54, 1.807) is 0 Å². The van der Waals surface area contributed by atoms with Gasteiger partial charge >= 0.3 is 0 Å². The largest absolute Gasteiger partial charge is 0.499 e. The Labute approximate surface area is 395 Å². The van der Waals surface area contributed by atoms with E-state index in [2.05, 4.69) is 196 Å². The summed E-state index contributed by atoms with van der Waals surface area (Å²) < 4.78 is 9.08. The summed E-state index contributed by atoms with van der Waals surface area (Å²) in [4.78, 5) is 15.1. The Kier molecular flexibility index (Phi) is 12.0. The summed E-state index contributed by atoms with van der Waals surface area (Å²) in [5, 5.41) is 5.72. The summed E-state index contributed by atoms with van der Waals surface area (Å²) in [5.74, 6) is 1.35. The molecule has 0 atom stereocenters. The SMILES string of the molecule is CC(C)c1cc(-c2ccccc2)cc(C(C)C)c1-n1c(-c2[c-]ccc3c2oc2cc4ccc5ccccc5c4nc23)nc2ccccc21.C[Si](C)(C)c1ccc(-c2[c-]cccc2)nc1.[Ir]. The molecule has 7 aromatic carbocycles. The number of rotatable bonds is 7. The minimum Gasteiger partial charge on any atom is -0.499 e. The fraction of sp³-hybridized carbons (Fsp3) is 0.155. The van der Waals surface area contributed by atoms with Gasteiger partial charge < -0.3 is 14.0 Å². The molecule has 11 rings (SSSR count). The van der Waals surface area contributed by atoms with Gasteiger partial charge in [-0.1, -0.05) is 144 Å². The number of benzene rings is 7. The van der Waals surface area contributed by atoms with E-state index >= 15 is 0 Å². The van der Waals surface area contributed by atoms with E-state index < -0.39 is 8.07 Å². The number of aromatic nitrogens is 4. The predicted octanol–water partition coefficient (Wildman–Crippen LogP) is 15.1. The summed E-state index contributed by atoms with van der Waals surface area (Å²) >= 11 is 0. The van der Waals surface area contributed by atoms with Gasteiger partial charge in [-0.15, -0.1) is 54.1 Å². The van der Waals surface area contributed by atoms with Crippen molar-refractivity contribution in [2.45, 2.75) is 59.2 Å². The number of fused-ring (bicyclic) bond motifs is 7. The first-order valence-electron chi connectivity index (χ1n) is 22.2. The topological polar surface area (TPSA) is 56.7 Å². The van der Waals surface area contributed by atoms with Crippen molar-refractivity contribution in [3.63, 3.8) is 0 Å². The van der Waals surface area contributed by atoms with Crippen molar-refractivity contribution in [1.29, 1.82) is 0 Å². The van der Waals surface area contributed by atoms with Gasteiger partial charge in [-0.2, -0.15) is 0 Å². The van der Waals surface area contributed by atoms with E-state index in [9.17, 15) is 0 Å². The molecule has 4 heterocycles. The molecule has 0 saturated heterocycles. The summed E-state index contributed by atoms with van der Waals surface area (Å²) in [5.41, 5.74) is 14.4. The number of furan rings is 1. The van der Waals surface area contributed by atoms with E-state index in [1.165, 1.54) is 38.5 Å². The van der Waals surface area contributed by atoms with Crippen LogP contribution in [0.2, 0.25) is 19.6 Å². The van der Waals surface area contributed by atoms with Crippen molar-refractivity contribution in [3.05, 3.63) is 187 Å². The van der Waals surface area contributed by atoms with E-state index in [-0.39, 0.29) is 31.9 Å². The molecule has 0 aliphatic rings. The van der Waals surface area contributed by atoms with Gasteiger partial charge in [-0.05, 0) is 86.1 Å². The van der Waals surface area contributed by atoms with Gasteiger partial charge in [-0.25, -0.2) is 4.98 Å². The van der Waals surface area contributed by atoms with Crippen molar-refractivity contribution < 1.29 is 24.5 Å². The zero-order chi connectivity index (χ0) is 44.1. The van der Waals surface area contributed by atoms with Crippen LogP contribution in [0.25, 0.3) is 94.2 Å². The van der Waals surface area contributed by atoms with Crippen molar-refractivity contribution in [2.75, 3.05) is 0 Å². The van der Waals surface area contributed by atoms with Gasteiger partial charge in [0.15, 0.2) is 0 Å². The van der Waals surface area contributed by atoms with Gasteiger partial charge in [0.2, 0.25) is 0 Å². The van der Waals surface area contributed by atoms with Crippen LogP contribution in [0.5, 0.6) is 0 Å². The molecule has 5 nitrogen and oxygen atoms in total. The van der Waals surface area contributed by atoms with E-state index in [0.717, 1.165) is 72.0 Å². The number of pyridine rings is 2. The molecule has 323 valence electrons. The second kappa shape index (κ2) is 17.8. The maximum atomic E-state index is 6.73. The zero-order valence-electron chi connectivity index (χ0n) is 37.8. The molecule has 0 spiro atoms. The minimum absolute atomic E-state index is 0. The van der Waals surface area contributed by atoms with Crippen molar-refractivity contribution in [1.82, 2.24) is 19.5 Å². The maximum absolute atomic E-state index is 6.73. The molecule has 1 radical (unpaired) electrons. The van der Waals surface area contributed by atoms with Crippen LogP contribution in [0.3, 0.4) is 0 Å². The summed E-state index contributed by atoms with van der Waals surface area (Å²) in [6.45, 7) is 16.1. The minimum atomic E-state index is -1.23. The molecule has 0 unspecified atom stereocenters. The molecule has 0 amide bonds. The van der Waals surface area contributed by atoms with Crippen LogP contribution in [-0.4, -0.2) is 27.6 Å². The Bertz CT molecular complexity index is 3450. The van der Waals surface area contributed by atoms with Crippen molar-refractivity contribution in [3.8, 4) is 39.5 Å². The average molecular weight is 1040 g/mol. The van der Waals surface area contributed by atoms with E-state index in [0.29, 0.717) is 0 Å². The number of imidazole rings is 1. The Morgan fingerprint density at radius 2 is 1.31 bits per heavy atom. The van der Waals surface area contributed by atoms with Crippen LogP contribution in [0.4, 0.5) is 0 Å². The van der Waals surface area contributed by atoms with Crippen LogP contribution in [0, 0.1) is 12.1 Å². The molecule has 0 N–H and O–H groups in total. The number of para-hydroxylation sites is 2. The van der Waals surface area contributed by atoms with Crippen molar-refractivity contribution >= 4 is 68.0 Å². The third kappa shape index (κ3) is 8.25. The fourth-order valence-electron chi connectivity index (χ4n) is 8.80. The van der Waals surface area contributed by atoms with Gasteiger partial charge in [0.1, 0.15) is 5.58 Å². The Balaban J connectivity index is 0.000000266. The Morgan fingerprint density at radius 1 is 0.600 bits per heavy atom. The smallest absolute Gasteiger partial charge is 0.140 e. The third-order valence-electron chi connectivity index (χ3n) is 12.2. The molecule has 4 aromatic heterocycles. The third-order valence-corrected chi connectivity index (χ3v) is 14.3. The second-order valence-electron chi connectivity index (χ2n) is 18.3. The number of hydrogen-bond donors (Lipinski definition) is 0. The van der Waals surface area contributed by atoms with E-state index in [4.69, 9.17) is 14.4 Å². The standard InChI is InChI=1S/C44H34N3O.C14H16NSi.Ir/c1-26(2)35-23-31(28-13-6-5-7-14-28)24-36(27(3)4)42(35)47-38-20-11-10-19-37(38)45-44(47)34-18-12-17-33-41-39(48-43(33)34)25-30-22-21-29-15-8-9-16-32(29)40(30)46-41;1-16(2,3)13-9-10-14(15-11-13)12-7-5-4-6-8-12;/h5-17,19-27H,1-4H3;4-7,9-11H,1-3H3;/q2*-1;. The second-order valence-corrected chi connectivity index (χ2v) is 23.4. The molecule has 0 aliphatic heterocycles. The molecule has 0 aliphatic carbocycles. The van der Waals surface area contributed by atoms with Crippen LogP contribution in [0.1, 0.15) is 50.7 Å². The molecule has 0 saturated carbocycles. The van der Waals surface area contributed by atoms with Crippen LogP contribution < -0.4 is 5.19 Å². The first-order chi connectivity index (χ1) is 31.0. The van der Waals surface area contributed by atoms with Gasteiger partial charge in [0.05, 0.1) is 41.5 Å². The van der Waals surface area contributed by atoms with Crippen LogP contribution >= 0.6 is 0 Å². The molecular weight excluding hydrogens is 989 g/mol. The maximum Gasteiger partial charge on any atom is 0.140 e. The fourth-order valence-corrected chi connectivity index (χ4v) is 9.83. The van der Waals surface area contributed by atoms with Gasteiger partial charge in [-0.3, -0.25) is 4.98 Å². The summed E-state index contributed by atoms with van der Waals surface area (Å²) in [7, 11) is -1.23. The monoisotopic (exact) mass is 1040 g/mol. The summed E-state index contributed by atoms with van der Waals surface area (Å²) in [6.07, 6.45) is 2.02. The summed E-state index contributed by atoms with van der Waals surface area (Å²) in [6, 6.07) is 61.7. The Hall–Kier alpha value is -6.50. The molecule has 0 bridgehead atoms. The predicted molar refractivity (Wildman–Crippen MR) is 271 cm³/mol. The molecular formula is C58H50IrN4OSi-2. The molecule has 65 heavy (non-hydrogen) atoms. The molecule has 0 fully saturated rings.